The normalized spacial score (nSPS) is 14.9. The molecule has 2 amide bonds. The van der Waals surface area contributed by atoms with Gasteiger partial charge in [-0.3, -0.25) is 4.79 Å². The largest absolute Gasteiger partial charge is 0.467 e. The van der Waals surface area contributed by atoms with E-state index in [2.05, 4.69) is 15.6 Å². The third-order valence-electron chi connectivity index (χ3n) is 6.49. The van der Waals surface area contributed by atoms with Crippen molar-refractivity contribution in [1.82, 2.24) is 20.2 Å². The van der Waals surface area contributed by atoms with Crippen LogP contribution in [0.5, 0.6) is 0 Å². The van der Waals surface area contributed by atoms with Crippen molar-refractivity contribution in [3.8, 4) is 0 Å². The average Bonchev–Trinajstić information content (AvgIpc) is 2.90. The van der Waals surface area contributed by atoms with Crippen molar-refractivity contribution in [1.29, 1.82) is 0 Å². The Balaban J connectivity index is 1.38. The zero-order valence-electron chi connectivity index (χ0n) is 20.8. The molecule has 36 heavy (non-hydrogen) atoms. The summed E-state index contributed by atoms with van der Waals surface area (Å²) < 4.78 is 6.68. The monoisotopic (exact) mass is 491 g/mol. The van der Waals surface area contributed by atoms with Gasteiger partial charge in [-0.2, -0.15) is 0 Å². The molecule has 4 rings (SSSR count). The predicted molar refractivity (Wildman–Crippen MR) is 139 cm³/mol. The Morgan fingerprint density at radius 2 is 1.78 bits per heavy atom. The van der Waals surface area contributed by atoms with Crippen molar-refractivity contribution in [2.45, 2.75) is 51.2 Å². The Morgan fingerprint density at radius 1 is 1.08 bits per heavy atom. The maximum atomic E-state index is 13.2. The Hall–Kier alpha value is -3.88. The van der Waals surface area contributed by atoms with Crippen molar-refractivity contribution >= 4 is 28.9 Å². The number of aromatic nitrogens is 2. The van der Waals surface area contributed by atoms with Crippen molar-refractivity contribution < 1.29 is 14.3 Å². The van der Waals surface area contributed by atoms with E-state index in [1.807, 2.05) is 66.4 Å². The van der Waals surface area contributed by atoms with Crippen LogP contribution in [0.3, 0.4) is 0 Å². The minimum absolute atomic E-state index is 0.0744. The van der Waals surface area contributed by atoms with Crippen LogP contribution >= 0.6 is 0 Å². The van der Waals surface area contributed by atoms with Crippen molar-refractivity contribution in [3.63, 3.8) is 0 Å². The molecule has 1 fully saturated rings. The third kappa shape index (κ3) is 5.84. The van der Waals surface area contributed by atoms with E-state index in [1.165, 1.54) is 7.11 Å². The average molecular weight is 492 g/mol. The molecule has 0 radical (unpaired) electrons. The van der Waals surface area contributed by atoms with Gasteiger partial charge in [-0.25, -0.2) is 14.6 Å². The minimum atomic E-state index is -0.781. The van der Waals surface area contributed by atoms with Crippen LogP contribution in [0.25, 0.3) is 11.0 Å². The molecule has 1 aromatic heterocycles. The second-order valence-electron chi connectivity index (χ2n) is 9.03. The Kier molecular flexibility index (Phi) is 8.20. The van der Waals surface area contributed by atoms with Gasteiger partial charge in [-0.05, 0) is 37.0 Å². The first-order chi connectivity index (χ1) is 17.5. The van der Waals surface area contributed by atoms with Gasteiger partial charge in [0.25, 0.3) is 5.56 Å². The molecule has 1 aliphatic heterocycles. The zero-order valence-corrected chi connectivity index (χ0v) is 20.8. The molecule has 3 aromatic rings. The number of amides is 2. The zero-order chi connectivity index (χ0) is 25.5. The van der Waals surface area contributed by atoms with Gasteiger partial charge in [0.15, 0.2) is 5.82 Å². The highest BCUT2D eigenvalue weighted by molar-refractivity contribution is 5.84. The quantitative estimate of drug-likeness (QED) is 0.470. The van der Waals surface area contributed by atoms with Gasteiger partial charge in [0, 0.05) is 32.1 Å². The topological polar surface area (TPSA) is 106 Å². The first-order valence-corrected chi connectivity index (χ1v) is 12.4. The predicted octanol–water partition coefficient (Wildman–Crippen LogP) is 2.86. The van der Waals surface area contributed by atoms with E-state index in [1.54, 1.807) is 4.57 Å². The molecule has 1 atom stereocenters. The fourth-order valence-corrected chi connectivity index (χ4v) is 4.64. The summed E-state index contributed by atoms with van der Waals surface area (Å²) in [6, 6.07) is 15.9. The van der Waals surface area contributed by atoms with Gasteiger partial charge >= 0.3 is 12.0 Å². The summed E-state index contributed by atoms with van der Waals surface area (Å²) in [6.07, 6.45) is 2.52. The summed E-state index contributed by atoms with van der Waals surface area (Å²) >= 11 is 0. The summed E-state index contributed by atoms with van der Waals surface area (Å²) in [5, 5.41) is 5.73. The molecule has 0 spiro atoms. The molecule has 2 aromatic carbocycles. The number of carbonyl (C=O) groups excluding carboxylic acids is 2. The van der Waals surface area contributed by atoms with Crippen LogP contribution in [0.15, 0.2) is 59.4 Å². The highest BCUT2D eigenvalue weighted by Crippen LogP contribution is 2.19. The molecule has 9 heteroatoms. The number of para-hydroxylation sites is 2. The van der Waals surface area contributed by atoms with Gasteiger partial charge in [0.05, 0.1) is 18.1 Å². The van der Waals surface area contributed by atoms with E-state index in [0.717, 1.165) is 23.0 Å². The lowest BCUT2D eigenvalue weighted by Gasteiger charge is -2.33. The fraction of sp³-hybridized carbons (Fsp3) is 0.407. The van der Waals surface area contributed by atoms with E-state index in [9.17, 15) is 14.4 Å². The number of carbonyl (C=O) groups is 2. The Morgan fingerprint density at radius 3 is 2.47 bits per heavy atom. The van der Waals surface area contributed by atoms with E-state index < -0.39 is 18.0 Å². The molecule has 0 bridgehead atoms. The van der Waals surface area contributed by atoms with E-state index in [-0.39, 0.29) is 11.6 Å². The number of nitrogens with one attached hydrogen (secondary N) is 2. The molecule has 0 saturated carbocycles. The van der Waals surface area contributed by atoms with Crippen molar-refractivity contribution in [2.24, 2.45) is 0 Å². The molecule has 9 nitrogen and oxygen atoms in total. The second-order valence-corrected chi connectivity index (χ2v) is 9.03. The van der Waals surface area contributed by atoms with Crippen molar-refractivity contribution in [2.75, 3.05) is 25.1 Å². The first-order valence-electron chi connectivity index (χ1n) is 12.4. The van der Waals surface area contributed by atoms with Gasteiger partial charge in [0.1, 0.15) is 6.04 Å². The van der Waals surface area contributed by atoms with Crippen LogP contribution in [-0.2, 0) is 22.5 Å². The van der Waals surface area contributed by atoms with Gasteiger partial charge in [0.2, 0.25) is 0 Å². The van der Waals surface area contributed by atoms with E-state index in [4.69, 9.17) is 4.74 Å². The lowest BCUT2D eigenvalue weighted by Crippen LogP contribution is -2.53. The lowest BCUT2D eigenvalue weighted by molar-refractivity contribution is -0.142. The molecule has 0 unspecified atom stereocenters. The number of aryl methyl sites for hydroxylation is 1. The Labute approximate surface area is 210 Å². The minimum Gasteiger partial charge on any atom is -0.467 e. The number of ether oxygens (including phenoxy) is 1. The van der Waals surface area contributed by atoms with Crippen LogP contribution in [0.2, 0.25) is 0 Å². The number of nitrogens with zero attached hydrogens (tertiary/aromatic N) is 3. The first kappa shape index (κ1) is 25.2. The summed E-state index contributed by atoms with van der Waals surface area (Å²) in [6.45, 7) is 3.88. The van der Waals surface area contributed by atoms with Gasteiger partial charge in [-0.15, -0.1) is 0 Å². The van der Waals surface area contributed by atoms with Crippen LogP contribution in [-0.4, -0.2) is 53.8 Å². The second kappa shape index (κ2) is 11.7. The molecule has 1 saturated heterocycles. The van der Waals surface area contributed by atoms with Gasteiger partial charge in [-0.1, -0.05) is 49.4 Å². The van der Waals surface area contributed by atoms with Crippen molar-refractivity contribution in [3.05, 3.63) is 70.5 Å². The molecule has 2 N–H and O–H groups in total. The number of rotatable bonds is 8. The maximum absolute atomic E-state index is 13.2. The van der Waals surface area contributed by atoms with Crippen LogP contribution in [0.1, 0.15) is 31.7 Å². The standard InChI is InChI=1S/C27H33N5O4/c1-3-15-32-23-12-8-7-11-21(23)29-24(25(32)33)31-16-13-20(14-17-31)28-27(35)30-22(26(34)36-2)18-19-9-5-4-6-10-19/h4-12,20,22H,3,13-18H2,1-2H3,(H2,28,30,35)/t22-/m0/s1. The van der Waals surface area contributed by atoms with Crippen LogP contribution < -0.4 is 21.1 Å². The summed E-state index contributed by atoms with van der Waals surface area (Å²) in [5.41, 5.74) is 2.49. The number of benzene rings is 2. The number of esters is 1. The van der Waals surface area contributed by atoms with E-state index in [0.29, 0.717) is 44.7 Å². The molecular formula is C27H33N5O4. The molecule has 190 valence electrons. The fourth-order valence-electron chi connectivity index (χ4n) is 4.64. The summed E-state index contributed by atoms with van der Waals surface area (Å²) in [5.74, 6) is -0.0340. The number of methoxy groups -OCH3 is 1. The van der Waals surface area contributed by atoms with E-state index >= 15 is 0 Å². The third-order valence-corrected chi connectivity index (χ3v) is 6.49. The number of hydrogen-bond acceptors (Lipinski definition) is 6. The van der Waals surface area contributed by atoms with Crippen LogP contribution in [0, 0.1) is 0 Å². The Bertz CT molecular complexity index is 1250. The number of piperidine rings is 1. The molecule has 2 heterocycles. The lowest BCUT2D eigenvalue weighted by atomic mass is 10.0. The number of anilines is 1. The SMILES string of the molecule is CCCn1c(=O)c(N2CCC(NC(=O)N[C@@H](Cc3ccccc3)C(=O)OC)CC2)nc2ccccc21. The smallest absolute Gasteiger partial charge is 0.328 e. The molecular weight excluding hydrogens is 458 g/mol. The van der Waals surface area contributed by atoms with Crippen LogP contribution in [0.4, 0.5) is 10.6 Å². The molecule has 0 aliphatic carbocycles. The highest BCUT2D eigenvalue weighted by atomic mass is 16.5. The van der Waals surface area contributed by atoms with Gasteiger partial charge < -0.3 is 24.8 Å². The maximum Gasteiger partial charge on any atom is 0.328 e. The summed E-state index contributed by atoms with van der Waals surface area (Å²) in [7, 11) is 1.31. The number of urea groups is 1. The highest BCUT2D eigenvalue weighted by Gasteiger charge is 2.27. The number of hydrogen-bond donors (Lipinski definition) is 2. The molecule has 1 aliphatic rings. The number of fused-ring (bicyclic) bond motifs is 1. The summed E-state index contributed by atoms with van der Waals surface area (Å²) in [4.78, 5) is 44.8.